The van der Waals surface area contributed by atoms with E-state index in [1.54, 1.807) is 44.3 Å². The zero-order chi connectivity index (χ0) is 38.6. The number of nitrogens with one attached hydrogen (secondary N) is 1. The van der Waals surface area contributed by atoms with Crippen LogP contribution in [-0.4, -0.2) is 105 Å². The van der Waals surface area contributed by atoms with Gasteiger partial charge in [-0.2, -0.15) is 0 Å². The number of aliphatic hydroxyl groups excluding tert-OH is 1. The van der Waals surface area contributed by atoms with Crippen molar-refractivity contribution in [2.45, 2.75) is 62.0 Å². The lowest BCUT2D eigenvalue weighted by Gasteiger charge is -2.41. The Morgan fingerprint density at radius 3 is 2.42 bits per heavy atom. The molecule has 2 aromatic carbocycles. The largest absolute Gasteiger partial charge is 0.493 e. The van der Waals surface area contributed by atoms with Crippen LogP contribution in [0.4, 0.5) is 4.79 Å². The van der Waals surface area contributed by atoms with E-state index in [-0.39, 0.29) is 37.3 Å². The minimum atomic E-state index is -2.05. The van der Waals surface area contributed by atoms with Gasteiger partial charge in [-0.05, 0) is 77.7 Å². The zero-order valence-electron chi connectivity index (χ0n) is 30.4. The first-order chi connectivity index (χ1) is 26.6. The van der Waals surface area contributed by atoms with Crippen molar-refractivity contribution < 1.29 is 67.2 Å². The molecule has 3 unspecified atom stereocenters. The van der Waals surface area contributed by atoms with Gasteiger partial charge in [0.2, 0.25) is 25.1 Å². The predicted octanol–water partition coefficient (Wildman–Crippen LogP) is 4.15. The van der Waals surface area contributed by atoms with E-state index < -0.39 is 67.0 Å². The Morgan fingerprint density at radius 1 is 1.00 bits per heavy atom. The van der Waals surface area contributed by atoms with Crippen molar-refractivity contribution in [3.63, 3.8) is 0 Å². The summed E-state index contributed by atoms with van der Waals surface area (Å²) in [4.78, 5) is 30.9. The highest BCUT2D eigenvalue weighted by atomic mass is 33.1. The Balaban J connectivity index is 1.16. The van der Waals surface area contributed by atoms with Crippen molar-refractivity contribution in [2.75, 3.05) is 46.5 Å². The number of carbonyl (C=O) groups is 2. The highest BCUT2D eigenvalue weighted by Gasteiger charge is 2.54. The predicted molar refractivity (Wildman–Crippen MR) is 195 cm³/mol. The number of amides is 1. The minimum absolute atomic E-state index is 0.0140. The maximum Gasteiger partial charge on any atom is 0.412 e. The van der Waals surface area contributed by atoms with Gasteiger partial charge in [0.05, 0.1) is 45.6 Å². The second-order valence-electron chi connectivity index (χ2n) is 13.0. The molecule has 55 heavy (non-hydrogen) atoms. The molecule has 0 bridgehead atoms. The summed E-state index contributed by atoms with van der Waals surface area (Å²) < 4.78 is 58.0. The van der Waals surface area contributed by atoms with E-state index in [4.69, 9.17) is 47.4 Å². The van der Waals surface area contributed by atoms with Crippen molar-refractivity contribution in [1.29, 1.82) is 0 Å². The van der Waals surface area contributed by atoms with E-state index in [1.165, 1.54) is 35.8 Å². The van der Waals surface area contributed by atoms with Gasteiger partial charge in [-0.1, -0.05) is 16.9 Å². The molecule has 8 atom stereocenters. The van der Waals surface area contributed by atoms with Gasteiger partial charge in [0.25, 0.3) is 0 Å². The number of benzene rings is 2. The molecule has 4 heterocycles. The van der Waals surface area contributed by atoms with Gasteiger partial charge >= 0.3 is 12.1 Å². The normalized spacial score (nSPS) is 25.8. The molecule has 1 aromatic heterocycles. The van der Waals surface area contributed by atoms with Crippen LogP contribution < -0.4 is 29.0 Å². The first-order valence-electron chi connectivity index (χ1n) is 17.6. The smallest absolute Gasteiger partial charge is 0.412 e. The number of esters is 1. The lowest BCUT2D eigenvalue weighted by molar-refractivity contribution is -0.330. The Bertz CT molecular complexity index is 1810. The van der Waals surface area contributed by atoms with Gasteiger partial charge in [0.15, 0.2) is 29.3 Å². The van der Waals surface area contributed by atoms with E-state index in [9.17, 15) is 19.8 Å². The van der Waals surface area contributed by atoms with Crippen molar-refractivity contribution in [2.24, 2.45) is 11.8 Å². The molecule has 0 radical (unpaired) electrons. The average Bonchev–Trinajstić information content (AvgIpc) is 3.80. The van der Waals surface area contributed by atoms with Crippen molar-refractivity contribution >= 4 is 33.7 Å². The monoisotopic (exact) mass is 802 g/mol. The molecule has 7 rings (SSSR count). The Hall–Kier alpha value is -4.01. The van der Waals surface area contributed by atoms with Crippen LogP contribution in [0.25, 0.3) is 0 Å². The molecular weight excluding hydrogens is 761 g/mol. The third-order valence-corrected chi connectivity index (χ3v) is 11.9. The molecular formula is C37H42N2O14S2. The molecule has 2 saturated heterocycles. The highest BCUT2D eigenvalue weighted by molar-refractivity contribution is 8.76. The van der Waals surface area contributed by atoms with E-state index in [0.717, 1.165) is 5.03 Å². The van der Waals surface area contributed by atoms with E-state index in [2.05, 4.69) is 10.3 Å². The molecule has 1 amide bonds. The number of rotatable bonds is 14. The Morgan fingerprint density at radius 2 is 1.75 bits per heavy atom. The second kappa shape index (κ2) is 17.4. The van der Waals surface area contributed by atoms with Crippen molar-refractivity contribution in [3.8, 4) is 28.7 Å². The van der Waals surface area contributed by atoms with E-state index in [0.29, 0.717) is 40.5 Å². The van der Waals surface area contributed by atoms with Gasteiger partial charge in [0, 0.05) is 30.3 Å². The molecule has 18 heteroatoms. The van der Waals surface area contributed by atoms with Crippen LogP contribution in [0, 0.1) is 11.8 Å². The Labute approximate surface area is 324 Å². The second-order valence-corrected chi connectivity index (χ2v) is 15.5. The first-order valence-corrected chi connectivity index (χ1v) is 19.9. The van der Waals surface area contributed by atoms with Gasteiger partial charge in [0.1, 0.15) is 11.1 Å². The Kier molecular flexibility index (Phi) is 12.4. The van der Waals surface area contributed by atoms with E-state index in [1.807, 2.05) is 18.2 Å². The summed E-state index contributed by atoms with van der Waals surface area (Å²) in [6.07, 6.45) is -5.07. The molecule has 16 nitrogen and oxygen atoms in total. The molecule has 0 spiro atoms. The quantitative estimate of drug-likeness (QED) is 0.0911. The van der Waals surface area contributed by atoms with Crippen molar-refractivity contribution in [1.82, 2.24) is 10.3 Å². The molecule has 3 N–H and O–H groups in total. The summed E-state index contributed by atoms with van der Waals surface area (Å²) in [5.74, 6) is -0.659. The number of carbonyl (C=O) groups excluding carboxylic acids is 2. The summed E-state index contributed by atoms with van der Waals surface area (Å²) in [6.45, 7) is 3.98. The fraction of sp³-hybridized carbons (Fsp3) is 0.486. The average molecular weight is 803 g/mol. The number of cyclic esters (lactones) is 1. The topological polar surface area (TPSA) is 192 Å². The summed E-state index contributed by atoms with van der Waals surface area (Å²) >= 11 is 0. The number of nitrogens with zero attached hydrogens (tertiary/aromatic N) is 1. The number of ether oxygens (including phenoxy) is 10. The number of hydrogen-bond donors (Lipinski definition) is 3. The van der Waals surface area contributed by atoms with Gasteiger partial charge < -0.3 is 62.9 Å². The van der Waals surface area contributed by atoms with Crippen LogP contribution in [0.1, 0.15) is 42.6 Å². The molecule has 1 aliphatic carbocycles. The SMILES string of the molecule is COc1cc([C@@H]2c3cc4c(cc3[C@@H](OC(OC3COC(C)O[C@@H]3C)C(O)O)[C@H]3COC(=O)[C@H]23)OCO4)cc(OC)c1OC(=O)NCCSSc1ccccn1. The highest BCUT2D eigenvalue weighted by Crippen LogP contribution is 2.57. The van der Waals surface area contributed by atoms with Crippen molar-refractivity contribution in [3.05, 3.63) is 65.4 Å². The lowest BCUT2D eigenvalue weighted by Crippen LogP contribution is -2.48. The molecule has 4 aliphatic rings. The molecule has 296 valence electrons. The van der Waals surface area contributed by atoms with E-state index >= 15 is 0 Å². The minimum Gasteiger partial charge on any atom is -0.493 e. The van der Waals surface area contributed by atoms with Crippen LogP contribution >= 0.6 is 21.6 Å². The van der Waals surface area contributed by atoms with Gasteiger partial charge in [-0.15, -0.1) is 0 Å². The summed E-state index contributed by atoms with van der Waals surface area (Å²) in [5.41, 5.74) is 1.81. The number of hydrogen-bond acceptors (Lipinski definition) is 17. The maximum absolute atomic E-state index is 13.7. The van der Waals surface area contributed by atoms with Gasteiger partial charge in [-0.25, -0.2) is 9.78 Å². The third kappa shape index (κ3) is 8.56. The summed E-state index contributed by atoms with van der Waals surface area (Å²) in [5, 5.41) is 24.5. The van der Waals surface area contributed by atoms with Crippen LogP contribution in [0.3, 0.4) is 0 Å². The van der Waals surface area contributed by atoms with Crippen LogP contribution in [0.2, 0.25) is 0 Å². The number of methoxy groups -OCH3 is 2. The van der Waals surface area contributed by atoms with Crippen LogP contribution in [-0.2, 0) is 28.5 Å². The number of aromatic nitrogens is 1. The van der Waals surface area contributed by atoms with Crippen LogP contribution in [0.5, 0.6) is 28.7 Å². The maximum atomic E-state index is 13.7. The third-order valence-electron chi connectivity index (χ3n) is 9.65. The van der Waals surface area contributed by atoms with Gasteiger partial charge in [-0.3, -0.25) is 4.79 Å². The molecule has 3 aromatic rings. The number of pyridine rings is 1. The fourth-order valence-electron chi connectivity index (χ4n) is 7.12. The number of fused-ring (bicyclic) bond motifs is 3. The zero-order valence-corrected chi connectivity index (χ0v) is 32.0. The molecule has 3 aliphatic heterocycles. The number of aliphatic hydroxyl groups is 2. The molecule has 2 fully saturated rings. The lowest BCUT2D eigenvalue weighted by atomic mass is 9.66. The summed E-state index contributed by atoms with van der Waals surface area (Å²) in [7, 11) is 5.91. The fourth-order valence-corrected chi connectivity index (χ4v) is 8.91. The standard InChI is InChI=1S/C37H42N2O14S2/c1-18-28(16-46-19(2)50-18)51-36(34(40)41)52-32-22-14-25-24(48-17-49-25)13-21(22)30(31-23(32)15-47-35(31)42)20-11-26(44-3)33(27(12-20)45-4)53-37(43)39-9-10-54-55-29-7-5-6-8-38-29/h5-8,11-14,18-19,23,28,30-32,34,36,40-41H,9-10,15-17H2,1-4H3,(H,39,43)/t18-,19?,23+,28?,30-,31+,32-,36?/m1/s1. The van der Waals surface area contributed by atoms with Crippen LogP contribution in [0.15, 0.2) is 53.7 Å². The first kappa shape index (κ1) is 39.2. The molecule has 0 saturated carbocycles. The summed E-state index contributed by atoms with van der Waals surface area (Å²) in [6, 6.07) is 12.6.